The zero-order valence-corrected chi connectivity index (χ0v) is 18.8. The first-order valence-electron chi connectivity index (χ1n) is 11.3. The summed E-state index contributed by atoms with van der Waals surface area (Å²) in [7, 11) is 0. The van der Waals surface area contributed by atoms with Gasteiger partial charge in [0.2, 0.25) is 5.91 Å². The second-order valence-electron chi connectivity index (χ2n) is 8.38. The molecule has 1 amide bonds. The smallest absolute Gasteiger partial charge is 0.225 e. The molecular weight excluding hydrogens is 386 g/mol. The first kappa shape index (κ1) is 22.7. The van der Waals surface area contributed by atoms with Gasteiger partial charge in [-0.2, -0.15) is 0 Å². The summed E-state index contributed by atoms with van der Waals surface area (Å²) in [5.41, 5.74) is 4.98. The molecule has 31 heavy (non-hydrogen) atoms. The number of amides is 1. The number of nitrogens with one attached hydrogen (secondary N) is 1. The van der Waals surface area contributed by atoms with Gasteiger partial charge in [-0.15, -0.1) is 0 Å². The normalized spacial score (nSPS) is 18.9. The van der Waals surface area contributed by atoms with Gasteiger partial charge in [0.15, 0.2) is 5.82 Å². The van der Waals surface area contributed by atoms with Crippen LogP contribution in [0, 0.1) is 5.92 Å². The van der Waals surface area contributed by atoms with Gasteiger partial charge < -0.3 is 10.4 Å². The Morgan fingerprint density at radius 1 is 1.32 bits per heavy atom. The maximum atomic E-state index is 12.6. The Balaban J connectivity index is 1.73. The summed E-state index contributed by atoms with van der Waals surface area (Å²) in [4.78, 5) is 21.9. The van der Waals surface area contributed by atoms with Crippen LogP contribution in [0.25, 0.3) is 11.6 Å². The van der Waals surface area contributed by atoms with Crippen molar-refractivity contribution < 1.29 is 9.90 Å². The van der Waals surface area contributed by atoms with Crippen LogP contribution in [0.2, 0.25) is 0 Å². The van der Waals surface area contributed by atoms with E-state index in [1.807, 2.05) is 12.2 Å². The van der Waals surface area contributed by atoms with E-state index in [0.29, 0.717) is 30.1 Å². The van der Waals surface area contributed by atoms with Crippen molar-refractivity contribution in [3.8, 4) is 0 Å². The number of nitrogens with zero attached hydrogens (tertiary/aromatic N) is 2. The first-order chi connectivity index (χ1) is 15.0. The van der Waals surface area contributed by atoms with Gasteiger partial charge in [-0.1, -0.05) is 49.3 Å². The second kappa shape index (κ2) is 10.9. The number of aliphatic hydroxyl groups is 1. The van der Waals surface area contributed by atoms with Crippen LogP contribution in [-0.2, 0) is 4.79 Å². The summed E-state index contributed by atoms with van der Waals surface area (Å²) in [6, 6.07) is 0. The number of aromatic nitrogens is 2. The Bertz CT molecular complexity index is 967. The molecule has 0 fully saturated rings. The highest BCUT2D eigenvalue weighted by Crippen LogP contribution is 2.31. The molecule has 2 aliphatic carbocycles. The van der Waals surface area contributed by atoms with E-state index < -0.39 is 0 Å². The standard InChI is InChI=1S/C26H33N3O2/c1-4-18(2)15-23-26(29-25(31)12-8-11-20-9-6-5-7-10-20)27-17-24(28-23)22-14-13-21(30)16-19(22)3/h6,9-10,13-15,17,19,30H,4-5,7-8,11-12,16H2,1-3H3,(H,27,29,31)/b18-15-. The van der Waals surface area contributed by atoms with Gasteiger partial charge >= 0.3 is 0 Å². The molecule has 0 radical (unpaired) electrons. The molecule has 0 saturated carbocycles. The Morgan fingerprint density at radius 3 is 2.87 bits per heavy atom. The third-order valence-electron chi connectivity index (χ3n) is 5.74. The van der Waals surface area contributed by atoms with Crippen molar-refractivity contribution in [1.29, 1.82) is 0 Å². The summed E-state index contributed by atoms with van der Waals surface area (Å²) < 4.78 is 0. The average Bonchev–Trinajstić information content (AvgIpc) is 2.75. The topological polar surface area (TPSA) is 75.1 Å². The molecule has 5 heteroatoms. The Labute approximate surface area is 185 Å². The van der Waals surface area contributed by atoms with Crippen molar-refractivity contribution in [1.82, 2.24) is 9.97 Å². The van der Waals surface area contributed by atoms with Crippen molar-refractivity contribution in [3.05, 3.63) is 64.9 Å². The Kier molecular flexibility index (Phi) is 7.99. The molecule has 0 saturated heterocycles. The van der Waals surface area contributed by atoms with Gasteiger partial charge in [0.25, 0.3) is 0 Å². The van der Waals surface area contributed by atoms with Crippen molar-refractivity contribution >= 4 is 23.4 Å². The zero-order valence-electron chi connectivity index (χ0n) is 18.8. The van der Waals surface area contributed by atoms with Crippen molar-refractivity contribution in [2.24, 2.45) is 5.92 Å². The zero-order chi connectivity index (χ0) is 22.2. The van der Waals surface area contributed by atoms with E-state index in [4.69, 9.17) is 4.98 Å². The fourth-order valence-electron chi connectivity index (χ4n) is 3.76. The minimum atomic E-state index is -0.0376. The van der Waals surface area contributed by atoms with E-state index in [9.17, 15) is 9.90 Å². The van der Waals surface area contributed by atoms with E-state index >= 15 is 0 Å². The van der Waals surface area contributed by atoms with Crippen LogP contribution in [0.15, 0.2) is 53.5 Å². The van der Waals surface area contributed by atoms with Gasteiger partial charge in [0, 0.05) is 12.8 Å². The van der Waals surface area contributed by atoms with E-state index in [1.165, 1.54) is 11.1 Å². The molecule has 1 aromatic rings. The molecule has 2 aliphatic rings. The Hall–Kier alpha value is -2.95. The molecular formula is C26H33N3O2. The molecule has 1 heterocycles. The van der Waals surface area contributed by atoms with Crippen LogP contribution in [0.5, 0.6) is 0 Å². The lowest BCUT2D eigenvalue weighted by Crippen LogP contribution is -2.15. The molecule has 1 atom stereocenters. The third-order valence-corrected chi connectivity index (χ3v) is 5.74. The van der Waals surface area contributed by atoms with Crippen LogP contribution in [0.4, 0.5) is 5.82 Å². The number of hydrogen-bond donors (Lipinski definition) is 2. The molecule has 3 rings (SSSR count). The fraction of sp³-hybridized carbons (Fsp3) is 0.423. The van der Waals surface area contributed by atoms with Crippen molar-refractivity contribution in [3.63, 3.8) is 0 Å². The minimum Gasteiger partial charge on any atom is -0.512 e. The highest BCUT2D eigenvalue weighted by molar-refractivity contribution is 5.91. The maximum absolute atomic E-state index is 12.6. The molecule has 0 aromatic carbocycles. The number of carbonyl (C=O) groups excluding carboxylic acids is 1. The highest BCUT2D eigenvalue weighted by Gasteiger charge is 2.19. The monoisotopic (exact) mass is 419 g/mol. The number of allylic oxidation sites excluding steroid dienone is 9. The molecule has 2 N–H and O–H groups in total. The van der Waals surface area contributed by atoms with Crippen LogP contribution in [0.1, 0.15) is 77.1 Å². The lowest BCUT2D eigenvalue weighted by atomic mass is 9.90. The lowest BCUT2D eigenvalue weighted by molar-refractivity contribution is -0.116. The van der Waals surface area contributed by atoms with Crippen LogP contribution >= 0.6 is 0 Å². The number of hydrogen-bond acceptors (Lipinski definition) is 4. The van der Waals surface area contributed by atoms with Crippen LogP contribution in [-0.4, -0.2) is 21.0 Å². The summed E-state index contributed by atoms with van der Waals surface area (Å²) in [5.74, 6) is 1.01. The summed E-state index contributed by atoms with van der Waals surface area (Å²) in [6.45, 7) is 6.21. The maximum Gasteiger partial charge on any atom is 0.225 e. The number of carbonyl (C=O) groups is 1. The first-order valence-corrected chi connectivity index (χ1v) is 11.3. The highest BCUT2D eigenvalue weighted by atomic mass is 16.3. The van der Waals surface area contributed by atoms with Crippen molar-refractivity contribution in [2.45, 2.75) is 65.7 Å². The van der Waals surface area contributed by atoms with E-state index in [1.54, 1.807) is 12.3 Å². The van der Waals surface area contributed by atoms with Crippen LogP contribution in [0.3, 0.4) is 0 Å². The third kappa shape index (κ3) is 6.51. The lowest BCUT2D eigenvalue weighted by Gasteiger charge is -2.19. The SMILES string of the molecule is CC/C(C)=C\c1nc(C2=CC=C(O)CC2C)cnc1NC(=O)CCCC1=CCCC=C1. The average molecular weight is 420 g/mol. The largest absolute Gasteiger partial charge is 0.512 e. The molecule has 1 unspecified atom stereocenters. The van der Waals surface area contributed by atoms with E-state index in [2.05, 4.69) is 49.3 Å². The molecule has 0 aliphatic heterocycles. The minimum absolute atomic E-state index is 0.0376. The second-order valence-corrected chi connectivity index (χ2v) is 8.38. The quantitative estimate of drug-likeness (QED) is 0.501. The number of rotatable bonds is 8. The van der Waals surface area contributed by atoms with Gasteiger partial charge in [-0.05, 0) is 62.7 Å². The summed E-state index contributed by atoms with van der Waals surface area (Å²) in [5, 5.41) is 12.7. The predicted octanol–water partition coefficient (Wildman–Crippen LogP) is 6.54. The van der Waals surface area contributed by atoms with Gasteiger partial charge in [0.05, 0.1) is 17.6 Å². The fourth-order valence-corrected chi connectivity index (χ4v) is 3.76. The van der Waals surface area contributed by atoms with E-state index in [-0.39, 0.29) is 11.8 Å². The molecule has 164 valence electrons. The molecule has 5 nitrogen and oxygen atoms in total. The predicted molar refractivity (Wildman–Crippen MR) is 127 cm³/mol. The van der Waals surface area contributed by atoms with Gasteiger partial charge in [-0.25, -0.2) is 9.97 Å². The number of aliphatic hydroxyl groups excluding tert-OH is 1. The van der Waals surface area contributed by atoms with E-state index in [0.717, 1.165) is 43.4 Å². The number of anilines is 1. The molecule has 0 spiro atoms. The molecule has 0 bridgehead atoms. The van der Waals surface area contributed by atoms with Crippen LogP contribution < -0.4 is 5.32 Å². The van der Waals surface area contributed by atoms with Crippen molar-refractivity contribution in [2.75, 3.05) is 5.32 Å². The summed E-state index contributed by atoms with van der Waals surface area (Å²) in [6.07, 6.45) is 19.8. The summed E-state index contributed by atoms with van der Waals surface area (Å²) >= 11 is 0. The molecule has 1 aromatic heterocycles. The van der Waals surface area contributed by atoms with Gasteiger partial charge in [-0.3, -0.25) is 4.79 Å². The Morgan fingerprint density at radius 2 is 2.16 bits per heavy atom. The van der Waals surface area contributed by atoms with Gasteiger partial charge in [0.1, 0.15) is 5.69 Å².